The smallest absolute Gasteiger partial charge is 0.0668 e. The molecule has 3 unspecified atom stereocenters. The minimum Gasteiger partial charge on any atom is -0.381 e. The van der Waals surface area contributed by atoms with Gasteiger partial charge in [0.15, 0.2) is 0 Å². The SMILES string of the molecule is N#CC1CCCCCC1S(=O)C1CCOCC1. The molecule has 0 N–H and O–H groups in total. The number of nitrogens with zero attached hydrogens (tertiary/aromatic N) is 1. The Morgan fingerprint density at radius 3 is 2.47 bits per heavy atom. The van der Waals surface area contributed by atoms with Crippen molar-refractivity contribution in [1.29, 1.82) is 5.26 Å². The second-order valence-electron chi connectivity index (χ2n) is 5.05. The lowest BCUT2D eigenvalue weighted by atomic mass is 10.0. The van der Waals surface area contributed by atoms with Crippen LogP contribution in [0.4, 0.5) is 0 Å². The monoisotopic (exact) mass is 255 g/mol. The Morgan fingerprint density at radius 2 is 1.76 bits per heavy atom. The fourth-order valence-electron chi connectivity index (χ4n) is 2.85. The van der Waals surface area contributed by atoms with Gasteiger partial charge >= 0.3 is 0 Å². The van der Waals surface area contributed by atoms with E-state index >= 15 is 0 Å². The number of rotatable bonds is 2. The first-order valence-electron chi connectivity index (χ1n) is 6.69. The number of ether oxygens (including phenoxy) is 1. The van der Waals surface area contributed by atoms with Crippen LogP contribution in [-0.4, -0.2) is 27.9 Å². The first-order valence-corrected chi connectivity index (χ1v) is 7.97. The molecule has 0 radical (unpaired) electrons. The molecule has 1 saturated heterocycles. The molecule has 1 aliphatic heterocycles. The quantitative estimate of drug-likeness (QED) is 0.712. The van der Waals surface area contributed by atoms with Gasteiger partial charge < -0.3 is 4.74 Å². The highest BCUT2D eigenvalue weighted by atomic mass is 32.2. The molecule has 17 heavy (non-hydrogen) atoms. The predicted molar refractivity (Wildman–Crippen MR) is 68.0 cm³/mol. The Morgan fingerprint density at radius 1 is 1.06 bits per heavy atom. The van der Waals surface area contributed by atoms with Gasteiger partial charge in [-0.3, -0.25) is 4.21 Å². The summed E-state index contributed by atoms with van der Waals surface area (Å²) >= 11 is 0. The van der Waals surface area contributed by atoms with Crippen molar-refractivity contribution < 1.29 is 8.95 Å². The fraction of sp³-hybridized carbons (Fsp3) is 0.923. The lowest BCUT2D eigenvalue weighted by Crippen LogP contribution is -2.34. The third kappa shape index (κ3) is 3.29. The van der Waals surface area contributed by atoms with Crippen molar-refractivity contribution in [1.82, 2.24) is 0 Å². The van der Waals surface area contributed by atoms with Crippen LogP contribution in [0.25, 0.3) is 0 Å². The molecule has 0 spiro atoms. The van der Waals surface area contributed by atoms with Crippen LogP contribution < -0.4 is 0 Å². The summed E-state index contributed by atoms with van der Waals surface area (Å²) < 4.78 is 17.9. The molecule has 2 aliphatic rings. The molecule has 2 rings (SSSR count). The van der Waals surface area contributed by atoms with Crippen LogP contribution in [0, 0.1) is 17.2 Å². The van der Waals surface area contributed by atoms with Gasteiger partial charge in [0.05, 0.1) is 17.2 Å². The highest BCUT2D eigenvalue weighted by Gasteiger charge is 2.33. The topological polar surface area (TPSA) is 50.1 Å². The Balaban J connectivity index is 2.01. The summed E-state index contributed by atoms with van der Waals surface area (Å²) in [6, 6.07) is 2.39. The van der Waals surface area contributed by atoms with Crippen molar-refractivity contribution in [2.24, 2.45) is 5.92 Å². The average molecular weight is 255 g/mol. The zero-order chi connectivity index (χ0) is 12.1. The minimum atomic E-state index is -0.836. The maximum Gasteiger partial charge on any atom is 0.0668 e. The van der Waals surface area contributed by atoms with Gasteiger partial charge in [0.1, 0.15) is 0 Å². The van der Waals surface area contributed by atoms with E-state index in [1.807, 2.05) is 0 Å². The summed E-state index contributed by atoms with van der Waals surface area (Å²) in [6.45, 7) is 1.47. The largest absolute Gasteiger partial charge is 0.381 e. The Labute approximate surface area is 106 Å². The van der Waals surface area contributed by atoms with E-state index in [2.05, 4.69) is 6.07 Å². The summed E-state index contributed by atoms with van der Waals surface area (Å²) in [5.41, 5.74) is 0. The van der Waals surface area contributed by atoms with Gasteiger partial charge in [0.25, 0.3) is 0 Å². The lowest BCUT2D eigenvalue weighted by molar-refractivity contribution is 0.0990. The van der Waals surface area contributed by atoms with Crippen molar-refractivity contribution in [3.63, 3.8) is 0 Å². The van der Waals surface area contributed by atoms with E-state index < -0.39 is 10.8 Å². The first kappa shape index (κ1) is 13.0. The molecule has 0 amide bonds. The third-order valence-corrected chi connectivity index (χ3v) is 6.20. The van der Waals surface area contributed by atoms with E-state index in [0.717, 1.165) is 51.7 Å². The molecule has 0 aromatic carbocycles. The Kier molecular flexibility index (Phi) is 4.99. The first-order chi connectivity index (χ1) is 8.33. The van der Waals surface area contributed by atoms with Gasteiger partial charge in [-0.05, 0) is 25.7 Å². The average Bonchev–Trinajstić information content (AvgIpc) is 2.64. The van der Waals surface area contributed by atoms with Gasteiger partial charge in [-0.1, -0.05) is 19.3 Å². The van der Waals surface area contributed by atoms with E-state index in [-0.39, 0.29) is 16.4 Å². The summed E-state index contributed by atoms with van der Waals surface area (Å²) in [4.78, 5) is 0. The number of hydrogen-bond acceptors (Lipinski definition) is 3. The molecule has 1 saturated carbocycles. The van der Waals surface area contributed by atoms with Gasteiger partial charge in [-0.15, -0.1) is 0 Å². The molecule has 1 aliphatic carbocycles. The van der Waals surface area contributed by atoms with Crippen LogP contribution in [0.3, 0.4) is 0 Å². The number of hydrogen-bond donors (Lipinski definition) is 0. The van der Waals surface area contributed by atoms with E-state index in [0.29, 0.717) is 0 Å². The van der Waals surface area contributed by atoms with Crippen LogP contribution in [0.2, 0.25) is 0 Å². The molecule has 0 aromatic rings. The third-order valence-electron chi connectivity index (χ3n) is 3.91. The van der Waals surface area contributed by atoms with Crippen LogP contribution >= 0.6 is 0 Å². The Bertz CT molecular complexity index is 307. The zero-order valence-electron chi connectivity index (χ0n) is 10.3. The second-order valence-corrected chi connectivity index (χ2v) is 6.98. The standard InChI is InChI=1S/C13H21NO2S/c14-10-11-4-2-1-3-5-13(11)17(15)12-6-8-16-9-7-12/h11-13H,1-9H2. The maximum atomic E-state index is 12.6. The van der Waals surface area contributed by atoms with Crippen molar-refractivity contribution >= 4 is 10.8 Å². The molecule has 3 nitrogen and oxygen atoms in total. The normalized spacial score (nSPS) is 33.6. The van der Waals surface area contributed by atoms with E-state index in [9.17, 15) is 9.47 Å². The zero-order valence-corrected chi connectivity index (χ0v) is 11.1. The van der Waals surface area contributed by atoms with Crippen molar-refractivity contribution in [2.75, 3.05) is 13.2 Å². The van der Waals surface area contributed by atoms with Gasteiger partial charge in [0.2, 0.25) is 0 Å². The predicted octanol–water partition coefficient (Wildman–Crippen LogP) is 2.39. The van der Waals surface area contributed by atoms with Crippen LogP contribution in [0.15, 0.2) is 0 Å². The van der Waals surface area contributed by atoms with E-state index in [1.54, 1.807) is 0 Å². The molecule has 3 atom stereocenters. The van der Waals surface area contributed by atoms with Crippen molar-refractivity contribution in [2.45, 2.75) is 55.4 Å². The van der Waals surface area contributed by atoms with Gasteiger partial charge in [0, 0.05) is 29.3 Å². The molecule has 0 aromatic heterocycles. The van der Waals surface area contributed by atoms with E-state index in [1.165, 1.54) is 6.42 Å². The van der Waals surface area contributed by atoms with E-state index in [4.69, 9.17) is 4.74 Å². The Hall–Kier alpha value is -0.400. The number of nitriles is 1. The highest BCUT2D eigenvalue weighted by Crippen LogP contribution is 2.30. The highest BCUT2D eigenvalue weighted by molar-refractivity contribution is 7.86. The molecule has 1 heterocycles. The minimum absolute atomic E-state index is 0.0150. The van der Waals surface area contributed by atoms with Crippen molar-refractivity contribution in [3.05, 3.63) is 0 Å². The molecule has 0 bridgehead atoms. The molecule has 96 valence electrons. The molecular formula is C13H21NO2S. The molecular weight excluding hydrogens is 234 g/mol. The second kappa shape index (κ2) is 6.51. The van der Waals surface area contributed by atoms with Crippen LogP contribution in [0.1, 0.15) is 44.9 Å². The summed E-state index contributed by atoms with van der Waals surface area (Å²) in [6.07, 6.45) is 7.18. The molecule has 4 heteroatoms. The van der Waals surface area contributed by atoms with Crippen LogP contribution in [0.5, 0.6) is 0 Å². The van der Waals surface area contributed by atoms with Crippen molar-refractivity contribution in [3.8, 4) is 6.07 Å². The summed E-state index contributed by atoms with van der Waals surface area (Å²) in [5.74, 6) is 0.0150. The summed E-state index contributed by atoms with van der Waals surface area (Å²) in [5, 5.41) is 9.61. The van der Waals surface area contributed by atoms with Gasteiger partial charge in [-0.25, -0.2) is 0 Å². The maximum absolute atomic E-state index is 12.6. The molecule has 2 fully saturated rings. The van der Waals surface area contributed by atoms with Gasteiger partial charge in [-0.2, -0.15) is 5.26 Å². The summed E-state index contributed by atoms with van der Waals surface area (Å²) in [7, 11) is -0.836. The lowest BCUT2D eigenvalue weighted by Gasteiger charge is -2.27. The van der Waals surface area contributed by atoms with Crippen LogP contribution in [-0.2, 0) is 15.5 Å². The fourth-order valence-corrected chi connectivity index (χ4v) is 4.93.